The van der Waals surface area contributed by atoms with Crippen molar-refractivity contribution in [3.05, 3.63) is 0 Å². The third kappa shape index (κ3) is 18.3. The Labute approximate surface area is 189 Å². The minimum absolute atomic E-state index is 0.0340. The number of carbonyl (C=O) groups is 1. The highest BCUT2D eigenvalue weighted by Gasteiger charge is 2.13. The normalized spacial score (nSPS) is 14.8. The first-order chi connectivity index (χ1) is 14.8. The summed E-state index contributed by atoms with van der Waals surface area (Å²) in [6.45, 7) is 2.95. The average Bonchev–Trinajstić information content (AvgIpc) is 2.76. The Morgan fingerprint density at radius 3 is 1.53 bits per heavy atom. The van der Waals surface area contributed by atoms with Crippen molar-refractivity contribution in [2.45, 2.75) is 161 Å². The molecule has 0 spiro atoms. The fourth-order valence-electron chi connectivity index (χ4n) is 4.88. The molecule has 0 aliphatic heterocycles. The van der Waals surface area contributed by atoms with E-state index < -0.39 is 0 Å². The lowest BCUT2D eigenvalue weighted by atomic mass is 9.87. The maximum atomic E-state index is 11.8. The van der Waals surface area contributed by atoms with Gasteiger partial charge in [-0.15, -0.1) is 0 Å². The van der Waals surface area contributed by atoms with Crippen molar-refractivity contribution in [1.29, 1.82) is 0 Å². The summed E-state index contributed by atoms with van der Waals surface area (Å²) < 4.78 is 5.43. The highest BCUT2D eigenvalue weighted by molar-refractivity contribution is 5.69. The van der Waals surface area contributed by atoms with Crippen LogP contribution in [0.1, 0.15) is 161 Å². The van der Waals surface area contributed by atoms with E-state index in [1.54, 1.807) is 0 Å². The van der Waals surface area contributed by atoms with Crippen LogP contribution in [-0.4, -0.2) is 12.6 Å². The molecule has 0 heterocycles. The maximum absolute atomic E-state index is 11.8. The minimum Gasteiger partial charge on any atom is -0.466 e. The molecule has 0 atom stereocenters. The molecule has 1 aliphatic carbocycles. The van der Waals surface area contributed by atoms with Gasteiger partial charge in [0, 0.05) is 6.42 Å². The first-order valence-corrected chi connectivity index (χ1v) is 14.0. The third-order valence-electron chi connectivity index (χ3n) is 7.00. The van der Waals surface area contributed by atoms with Crippen LogP contribution in [0.25, 0.3) is 0 Å². The largest absolute Gasteiger partial charge is 0.466 e. The van der Waals surface area contributed by atoms with Gasteiger partial charge in [0.25, 0.3) is 0 Å². The van der Waals surface area contributed by atoms with Gasteiger partial charge in [0.1, 0.15) is 0 Å². The molecule has 0 unspecified atom stereocenters. The van der Waals surface area contributed by atoms with Crippen molar-refractivity contribution in [1.82, 2.24) is 0 Å². The number of hydrogen-bond acceptors (Lipinski definition) is 2. The molecule has 0 radical (unpaired) electrons. The van der Waals surface area contributed by atoms with Gasteiger partial charge in [0.2, 0.25) is 0 Å². The molecular weight excluding hydrogens is 368 g/mol. The van der Waals surface area contributed by atoms with Crippen molar-refractivity contribution in [3.63, 3.8) is 0 Å². The van der Waals surface area contributed by atoms with E-state index in [1.165, 1.54) is 135 Å². The van der Waals surface area contributed by atoms with E-state index in [4.69, 9.17) is 4.74 Å². The van der Waals surface area contributed by atoms with Crippen molar-refractivity contribution in [2.75, 3.05) is 6.61 Å². The molecule has 0 N–H and O–H groups in total. The Kier molecular flexibility index (Phi) is 19.9. The lowest BCUT2D eigenvalue weighted by molar-refractivity contribution is -0.144. The summed E-state index contributed by atoms with van der Waals surface area (Å²) in [7, 11) is 0. The summed E-state index contributed by atoms with van der Waals surface area (Å²) in [5.41, 5.74) is 0. The van der Waals surface area contributed by atoms with Gasteiger partial charge in [0.15, 0.2) is 0 Å². The predicted octanol–water partition coefficient (Wildman–Crippen LogP) is 9.54. The fraction of sp³-hybridized carbons (Fsp3) is 0.964. The second kappa shape index (κ2) is 21.7. The summed E-state index contributed by atoms with van der Waals surface area (Å²) >= 11 is 0. The monoisotopic (exact) mass is 422 g/mol. The average molecular weight is 423 g/mol. The van der Waals surface area contributed by atoms with E-state index in [0.29, 0.717) is 13.0 Å². The predicted molar refractivity (Wildman–Crippen MR) is 131 cm³/mol. The zero-order valence-corrected chi connectivity index (χ0v) is 20.6. The van der Waals surface area contributed by atoms with E-state index in [2.05, 4.69) is 6.92 Å². The Hall–Kier alpha value is -0.530. The summed E-state index contributed by atoms with van der Waals surface area (Å²) in [5, 5.41) is 0. The van der Waals surface area contributed by atoms with E-state index in [1.807, 2.05) is 0 Å². The summed E-state index contributed by atoms with van der Waals surface area (Å²) in [6.07, 6.45) is 32.0. The maximum Gasteiger partial charge on any atom is 0.305 e. The first kappa shape index (κ1) is 27.5. The minimum atomic E-state index is 0.0340. The number of ether oxygens (including phenoxy) is 1. The highest BCUT2D eigenvalue weighted by atomic mass is 16.5. The molecule has 0 amide bonds. The molecule has 0 aromatic rings. The van der Waals surface area contributed by atoms with Gasteiger partial charge in [0.05, 0.1) is 6.61 Å². The number of carbonyl (C=O) groups excluding carboxylic acids is 1. The van der Waals surface area contributed by atoms with Gasteiger partial charge < -0.3 is 4.74 Å². The molecule has 2 heteroatoms. The Bertz CT molecular complexity index is 360. The van der Waals surface area contributed by atoms with E-state index in [9.17, 15) is 4.79 Å². The van der Waals surface area contributed by atoms with Gasteiger partial charge in [-0.3, -0.25) is 4.79 Å². The van der Waals surface area contributed by atoms with Crippen molar-refractivity contribution >= 4 is 5.97 Å². The van der Waals surface area contributed by atoms with Gasteiger partial charge >= 0.3 is 5.97 Å². The van der Waals surface area contributed by atoms with Crippen molar-refractivity contribution in [2.24, 2.45) is 5.92 Å². The molecule has 1 aliphatic rings. The lowest BCUT2D eigenvalue weighted by Crippen LogP contribution is -2.12. The van der Waals surface area contributed by atoms with Crippen molar-refractivity contribution in [3.8, 4) is 0 Å². The Balaban J connectivity index is 1.70. The zero-order chi connectivity index (χ0) is 21.5. The summed E-state index contributed by atoms with van der Waals surface area (Å²) in [4.78, 5) is 11.8. The quantitative estimate of drug-likeness (QED) is 0.136. The zero-order valence-electron chi connectivity index (χ0n) is 20.6. The van der Waals surface area contributed by atoms with Crippen molar-refractivity contribution < 1.29 is 9.53 Å². The van der Waals surface area contributed by atoms with Crippen LogP contribution in [0, 0.1) is 5.92 Å². The Morgan fingerprint density at radius 1 is 0.633 bits per heavy atom. The Morgan fingerprint density at radius 2 is 1.07 bits per heavy atom. The molecule has 0 aromatic carbocycles. The molecular formula is C28H54O2. The highest BCUT2D eigenvalue weighted by Crippen LogP contribution is 2.26. The van der Waals surface area contributed by atoms with Crippen LogP contribution >= 0.6 is 0 Å². The number of rotatable bonds is 21. The van der Waals surface area contributed by atoms with Gasteiger partial charge in [-0.05, 0) is 18.8 Å². The third-order valence-corrected chi connectivity index (χ3v) is 7.00. The summed E-state index contributed by atoms with van der Waals surface area (Å²) in [5.74, 6) is 0.846. The second-order valence-corrected chi connectivity index (χ2v) is 9.92. The standard InChI is InChI=1S/C28H54O2/c1-2-3-4-5-6-7-8-9-10-11-12-13-14-15-16-17-21-24-28(29)30-26-25-27-22-19-18-20-23-27/h27H,2-26H2,1H3. The first-order valence-electron chi connectivity index (χ1n) is 14.0. The molecule has 1 fully saturated rings. The van der Waals surface area contributed by atoms with E-state index in [-0.39, 0.29) is 5.97 Å². The van der Waals surface area contributed by atoms with Crippen LogP contribution in [0.3, 0.4) is 0 Å². The molecule has 0 saturated heterocycles. The number of esters is 1. The van der Waals surface area contributed by atoms with Crippen LogP contribution in [0.15, 0.2) is 0 Å². The second-order valence-electron chi connectivity index (χ2n) is 9.92. The SMILES string of the molecule is CCCCCCCCCCCCCCCCCCCC(=O)OCCC1CCCCC1. The summed E-state index contributed by atoms with van der Waals surface area (Å²) in [6, 6.07) is 0. The van der Waals surface area contributed by atoms with Crippen LogP contribution < -0.4 is 0 Å². The molecule has 30 heavy (non-hydrogen) atoms. The molecule has 1 rings (SSSR count). The fourth-order valence-corrected chi connectivity index (χ4v) is 4.88. The molecule has 2 nitrogen and oxygen atoms in total. The van der Waals surface area contributed by atoms with Gasteiger partial charge in [-0.25, -0.2) is 0 Å². The van der Waals surface area contributed by atoms with Crippen LogP contribution in [-0.2, 0) is 9.53 Å². The van der Waals surface area contributed by atoms with Crippen LogP contribution in [0.5, 0.6) is 0 Å². The molecule has 1 saturated carbocycles. The molecule has 178 valence electrons. The van der Waals surface area contributed by atoms with E-state index in [0.717, 1.165) is 18.8 Å². The molecule has 0 bridgehead atoms. The van der Waals surface area contributed by atoms with Gasteiger partial charge in [-0.2, -0.15) is 0 Å². The van der Waals surface area contributed by atoms with Crippen LogP contribution in [0.4, 0.5) is 0 Å². The smallest absolute Gasteiger partial charge is 0.305 e. The lowest BCUT2D eigenvalue weighted by Gasteiger charge is -2.21. The van der Waals surface area contributed by atoms with Gasteiger partial charge in [-0.1, -0.05) is 142 Å². The number of hydrogen-bond donors (Lipinski definition) is 0. The van der Waals surface area contributed by atoms with Crippen LogP contribution in [0.2, 0.25) is 0 Å². The molecule has 0 aromatic heterocycles. The number of unbranched alkanes of at least 4 members (excludes halogenated alkanes) is 16. The topological polar surface area (TPSA) is 26.3 Å². The van der Waals surface area contributed by atoms with E-state index >= 15 is 0 Å².